The molecule has 0 bridgehead atoms. The van der Waals surface area contributed by atoms with Crippen molar-refractivity contribution in [2.75, 3.05) is 11.4 Å². The van der Waals surface area contributed by atoms with Crippen molar-refractivity contribution in [2.24, 2.45) is 0 Å². The molecule has 0 unspecified atom stereocenters. The molecule has 1 aliphatic heterocycles. The Morgan fingerprint density at radius 1 is 1.22 bits per heavy atom. The minimum Gasteiger partial charge on any atom is -0.487 e. The molecule has 0 fully saturated rings. The fourth-order valence-electron chi connectivity index (χ4n) is 2.89. The van der Waals surface area contributed by atoms with Crippen LogP contribution in [0.5, 0.6) is 5.75 Å². The third kappa shape index (κ3) is 4.98. The third-order valence-electron chi connectivity index (χ3n) is 4.25. The third-order valence-corrected chi connectivity index (χ3v) is 4.48. The first kappa shape index (κ1) is 19.2. The van der Waals surface area contributed by atoms with E-state index in [1.54, 1.807) is 35.2 Å². The first-order valence-corrected chi connectivity index (χ1v) is 9.08. The Hall–Kier alpha value is -2.60. The van der Waals surface area contributed by atoms with Crippen molar-refractivity contribution in [2.45, 2.75) is 32.4 Å². The topological polar surface area (TPSA) is 58.6 Å². The molecule has 2 aromatic carbocycles. The zero-order chi connectivity index (χ0) is 19.4. The lowest BCUT2D eigenvalue weighted by Gasteiger charge is -2.33. The molecule has 5 nitrogen and oxygen atoms in total. The Morgan fingerprint density at radius 3 is 2.70 bits per heavy atom. The molecule has 0 saturated carbocycles. The zero-order valence-electron chi connectivity index (χ0n) is 14.9. The van der Waals surface area contributed by atoms with Gasteiger partial charge in [-0.05, 0) is 42.8 Å². The highest BCUT2D eigenvalue weighted by atomic mass is 35.5. The standard InChI is InChI=1S/C20H20ClFN2O3/c1-13-12-24(17-10-15(21)4-7-18(17)27-13)20(26)9-8-19(25)23-11-14-2-5-16(22)6-3-14/h2-7,10,13H,8-9,11-12H2,1H3,(H,23,25)/t13-/m1/s1. The number of fused-ring (bicyclic) bond motifs is 1. The number of rotatable bonds is 5. The van der Waals surface area contributed by atoms with Gasteiger partial charge in [-0.2, -0.15) is 0 Å². The van der Waals surface area contributed by atoms with E-state index in [4.69, 9.17) is 16.3 Å². The van der Waals surface area contributed by atoms with Crippen LogP contribution in [0.3, 0.4) is 0 Å². The number of halogens is 2. The lowest BCUT2D eigenvalue weighted by Crippen LogP contribution is -2.42. The van der Waals surface area contributed by atoms with Crippen LogP contribution in [-0.2, 0) is 16.1 Å². The van der Waals surface area contributed by atoms with Gasteiger partial charge in [-0.15, -0.1) is 0 Å². The molecule has 1 atom stereocenters. The van der Waals surface area contributed by atoms with Gasteiger partial charge in [0.05, 0.1) is 12.2 Å². The van der Waals surface area contributed by atoms with Gasteiger partial charge in [-0.3, -0.25) is 9.59 Å². The minimum absolute atomic E-state index is 0.0711. The number of carbonyl (C=O) groups is 2. The summed E-state index contributed by atoms with van der Waals surface area (Å²) in [6, 6.07) is 11.0. The van der Waals surface area contributed by atoms with Crippen LogP contribution in [0.4, 0.5) is 10.1 Å². The molecule has 2 amide bonds. The van der Waals surface area contributed by atoms with Crippen molar-refractivity contribution in [3.05, 3.63) is 58.9 Å². The Morgan fingerprint density at radius 2 is 1.96 bits per heavy atom. The van der Waals surface area contributed by atoms with Gasteiger partial charge in [0.25, 0.3) is 0 Å². The van der Waals surface area contributed by atoms with Crippen molar-refractivity contribution < 1.29 is 18.7 Å². The summed E-state index contributed by atoms with van der Waals surface area (Å²) in [4.78, 5) is 26.3. The second-order valence-electron chi connectivity index (χ2n) is 6.45. The van der Waals surface area contributed by atoms with Crippen molar-refractivity contribution >= 4 is 29.1 Å². The molecule has 0 saturated heterocycles. The summed E-state index contributed by atoms with van der Waals surface area (Å²) in [5.74, 6) is -0.117. The molecule has 1 heterocycles. The molecule has 2 aromatic rings. The Labute approximate surface area is 162 Å². The quantitative estimate of drug-likeness (QED) is 0.847. The van der Waals surface area contributed by atoms with Gasteiger partial charge in [0.1, 0.15) is 17.7 Å². The van der Waals surface area contributed by atoms with Crippen LogP contribution in [-0.4, -0.2) is 24.5 Å². The highest BCUT2D eigenvalue weighted by Crippen LogP contribution is 2.36. The van der Waals surface area contributed by atoms with Gasteiger partial charge < -0.3 is 15.0 Å². The summed E-state index contributed by atoms with van der Waals surface area (Å²) in [7, 11) is 0. The predicted octanol–water partition coefficient (Wildman–Crippen LogP) is 3.69. The average molecular weight is 391 g/mol. The van der Waals surface area contributed by atoms with Crippen molar-refractivity contribution in [3.63, 3.8) is 0 Å². The second-order valence-corrected chi connectivity index (χ2v) is 6.88. The van der Waals surface area contributed by atoms with E-state index in [2.05, 4.69) is 5.32 Å². The Balaban J connectivity index is 1.55. The summed E-state index contributed by atoms with van der Waals surface area (Å²) in [5, 5.41) is 3.25. The predicted molar refractivity (Wildman–Crippen MR) is 101 cm³/mol. The SMILES string of the molecule is C[C@@H]1CN(C(=O)CCC(=O)NCc2ccc(F)cc2)c2cc(Cl)ccc2O1. The number of hydrogen-bond donors (Lipinski definition) is 1. The van der Waals surface area contributed by atoms with E-state index in [0.717, 1.165) is 5.56 Å². The fraction of sp³-hybridized carbons (Fsp3) is 0.300. The van der Waals surface area contributed by atoms with Gasteiger partial charge in [0.2, 0.25) is 11.8 Å². The lowest BCUT2D eigenvalue weighted by molar-refractivity contribution is -0.125. The van der Waals surface area contributed by atoms with E-state index in [9.17, 15) is 14.0 Å². The highest BCUT2D eigenvalue weighted by molar-refractivity contribution is 6.31. The summed E-state index contributed by atoms with van der Waals surface area (Å²) >= 11 is 6.04. The molecule has 1 aliphatic rings. The number of hydrogen-bond acceptors (Lipinski definition) is 3. The maximum atomic E-state index is 12.9. The number of nitrogens with one attached hydrogen (secondary N) is 1. The van der Waals surface area contributed by atoms with Crippen LogP contribution in [0, 0.1) is 5.82 Å². The monoisotopic (exact) mass is 390 g/mol. The number of ether oxygens (including phenoxy) is 1. The molecular weight excluding hydrogens is 371 g/mol. The van der Waals surface area contributed by atoms with E-state index < -0.39 is 0 Å². The molecule has 0 radical (unpaired) electrons. The smallest absolute Gasteiger partial charge is 0.227 e. The van der Waals surface area contributed by atoms with Crippen LogP contribution in [0.1, 0.15) is 25.3 Å². The van der Waals surface area contributed by atoms with Gasteiger partial charge in [0, 0.05) is 24.4 Å². The molecule has 3 rings (SSSR count). The number of amides is 2. The zero-order valence-corrected chi connectivity index (χ0v) is 15.6. The minimum atomic E-state index is -0.323. The number of nitrogens with zero attached hydrogens (tertiary/aromatic N) is 1. The maximum Gasteiger partial charge on any atom is 0.227 e. The first-order valence-electron chi connectivity index (χ1n) is 8.70. The normalized spacial score (nSPS) is 15.7. The van der Waals surface area contributed by atoms with Crippen molar-refractivity contribution in [3.8, 4) is 5.75 Å². The first-order chi connectivity index (χ1) is 12.9. The fourth-order valence-corrected chi connectivity index (χ4v) is 3.06. The van der Waals surface area contributed by atoms with Crippen LogP contribution in [0.25, 0.3) is 0 Å². The highest BCUT2D eigenvalue weighted by Gasteiger charge is 2.27. The van der Waals surface area contributed by atoms with Crippen LogP contribution in [0.2, 0.25) is 5.02 Å². The molecule has 142 valence electrons. The molecule has 0 spiro atoms. The maximum absolute atomic E-state index is 12.9. The number of benzene rings is 2. The van der Waals surface area contributed by atoms with Gasteiger partial charge in [-0.25, -0.2) is 4.39 Å². The summed E-state index contributed by atoms with van der Waals surface area (Å²) in [5.41, 5.74) is 1.42. The van der Waals surface area contributed by atoms with Crippen molar-refractivity contribution in [1.82, 2.24) is 5.32 Å². The number of carbonyl (C=O) groups excluding carboxylic acids is 2. The average Bonchev–Trinajstić information content (AvgIpc) is 2.65. The molecule has 0 aromatic heterocycles. The summed E-state index contributed by atoms with van der Waals surface area (Å²) < 4.78 is 18.6. The van der Waals surface area contributed by atoms with E-state index in [0.29, 0.717) is 29.5 Å². The van der Waals surface area contributed by atoms with Gasteiger partial charge in [0.15, 0.2) is 0 Å². The van der Waals surface area contributed by atoms with Crippen LogP contribution in [0.15, 0.2) is 42.5 Å². The van der Waals surface area contributed by atoms with E-state index in [-0.39, 0.29) is 36.6 Å². The van der Waals surface area contributed by atoms with Gasteiger partial charge in [-0.1, -0.05) is 23.7 Å². The van der Waals surface area contributed by atoms with E-state index >= 15 is 0 Å². The summed E-state index contributed by atoms with van der Waals surface area (Å²) in [6.07, 6.45) is 0.00482. The molecule has 27 heavy (non-hydrogen) atoms. The van der Waals surface area contributed by atoms with Crippen LogP contribution < -0.4 is 15.0 Å². The Kier molecular flexibility index (Phi) is 5.96. The second kappa shape index (κ2) is 8.39. The largest absolute Gasteiger partial charge is 0.487 e. The molecule has 7 heteroatoms. The van der Waals surface area contributed by atoms with Crippen molar-refractivity contribution in [1.29, 1.82) is 0 Å². The number of anilines is 1. The Bertz CT molecular complexity index is 842. The van der Waals surface area contributed by atoms with E-state index in [1.165, 1.54) is 12.1 Å². The van der Waals surface area contributed by atoms with Gasteiger partial charge >= 0.3 is 0 Å². The van der Waals surface area contributed by atoms with Crippen LogP contribution >= 0.6 is 11.6 Å². The lowest BCUT2D eigenvalue weighted by atomic mass is 10.1. The molecule has 0 aliphatic carbocycles. The molecule has 1 N–H and O–H groups in total. The summed E-state index contributed by atoms with van der Waals surface area (Å²) in [6.45, 7) is 2.58. The van der Waals surface area contributed by atoms with E-state index in [1.807, 2.05) is 6.92 Å². The molecular formula is C20H20ClFN2O3.